The lowest BCUT2D eigenvalue weighted by atomic mass is 9.68. The molecule has 7 rings (SSSR count). The first-order chi connectivity index (χ1) is 16.2. The molecular weight excluding hydrogens is 412 g/mol. The number of rotatable bonds is 2. The zero-order valence-electron chi connectivity index (χ0n) is 19.1. The van der Waals surface area contributed by atoms with E-state index in [1.165, 1.54) is 43.4 Å². The summed E-state index contributed by atoms with van der Waals surface area (Å²) in [6.07, 6.45) is 11.0. The molecule has 6 heteroatoms. The molecule has 1 aromatic heterocycles. The summed E-state index contributed by atoms with van der Waals surface area (Å²) in [4.78, 5) is 18.6. The van der Waals surface area contributed by atoms with Crippen molar-refractivity contribution in [3.05, 3.63) is 47.2 Å². The monoisotopic (exact) mass is 444 g/mol. The molecular formula is C27H32N4O2. The molecule has 2 aromatic rings. The number of hydrogen-bond donors (Lipinski definition) is 1. The molecule has 1 aliphatic carbocycles. The van der Waals surface area contributed by atoms with Crippen molar-refractivity contribution in [2.24, 2.45) is 11.8 Å². The van der Waals surface area contributed by atoms with Gasteiger partial charge in [-0.15, -0.1) is 0 Å². The van der Waals surface area contributed by atoms with Crippen LogP contribution < -0.4 is 4.74 Å². The number of fused-ring (bicyclic) bond motifs is 7. The Morgan fingerprint density at radius 1 is 1.12 bits per heavy atom. The number of carbonyl (C=O) groups is 1. The van der Waals surface area contributed by atoms with Crippen LogP contribution in [0.5, 0.6) is 5.75 Å². The lowest BCUT2D eigenvalue weighted by Crippen LogP contribution is -2.60. The first-order valence-electron chi connectivity index (χ1n) is 12.8. The Balaban J connectivity index is 1.16. The van der Waals surface area contributed by atoms with Gasteiger partial charge in [0.05, 0.1) is 18.3 Å². The molecule has 5 heterocycles. The Morgan fingerprint density at radius 3 is 3.06 bits per heavy atom. The third-order valence-electron chi connectivity index (χ3n) is 8.71. The van der Waals surface area contributed by atoms with Gasteiger partial charge in [0.15, 0.2) is 0 Å². The predicted molar refractivity (Wildman–Crippen MR) is 126 cm³/mol. The van der Waals surface area contributed by atoms with Crippen molar-refractivity contribution in [2.45, 2.75) is 57.0 Å². The first-order valence-corrected chi connectivity index (χ1v) is 12.8. The van der Waals surface area contributed by atoms with Gasteiger partial charge in [-0.1, -0.05) is 18.1 Å². The summed E-state index contributed by atoms with van der Waals surface area (Å²) in [5.74, 6) is 2.32. The van der Waals surface area contributed by atoms with E-state index in [0.29, 0.717) is 17.5 Å². The lowest BCUT2D eigenvalue weighted by Gasteiger charge is -2.54. The molecule has 3 fully saturated rings. The van der Waals surface area contributed by atoms with Crippen LogP contribution in [0.25, 0.3) is 11.3 Å². The van der Waals surface area contributed by atoms with Gasteiger partial charge in [0.2, 0.25) is 0 Å². The van der Waals surface area contributed by atoms with E-state index >= 15 is 0 Å². The third-order valence-corrected chi connectivity index (χ3v) is 8.71. The van der Waals surface area contributed by atoms with Crippen LogP contribution in [0.1, 0.15) is 54.6 Å². The Bertz CT molecular complexity index is 1120. The molecule has 5 aliphatic rings. The molecule has 0 radical (unpaired) electrons. The number of ether oxygens (including phenoxy) is 1. The summed E-state index contributed by atoms with van der Waals surface area (Å²) >= 11 is 0. The zero-order chi connectivity index (χ0) is 21.9. The molecule has 0 spiro atoms. The number of likely N-dealkylation sites (tertiary alicyclic amines) is 1. The molecule has 1 aromatic carbocycles. The second-order valence-corrected chi connectivity index (χ2v) is 10.6. The topological polar surface area (TPSA) is 61.5 Å². The number of piperidine rings is 3. The minimum Gasteiger partial charge on any atom is -0.493 e. The quantitative estimate of drug-likeness (QED) is 0.710. The summed E-state index contributed by atoms with van der Waals surface area (Å²) < 4.78 is 5.63. The smallest absolute Gasteiger partial charge is 0.272 e. The number of amides is 1. The second kappa shape index (κ2) is 7.73. The van der Waals surface area contributed by atoms with Crippen LogP contribution in [0.15, 0.2) is 35.9 Å². The van der Waals surface area contributed by atoms with E-state index in [4.69, 9.17) is 4.74 Å². The fourth-order valence-electron chi connectivity index (χ4n) is 7.28. The first kappa shape index (κ1) is 19.8. The zero-order valence-corrected chi connectivity index (χ0v) is 19.1. The third kappa shape index (κ3) is 3.25. The summed E-state index contributed by atoms with van der Waals surface area (Å²) in [5.41, 5.74) is 5.23. The highest BCUT2D eigenvalue weighted by atomic mass is 16.5. The highest BCUT2D eigenvalue weighted by molar-refractivity contribution is 5.94. The van der Waals surface area contributed by atoms with E-state index in [0.717, 1.165) is 62.0 Å². The van der Waals surface area contributed by atoms with Gasteiger partial charge in [0, 0.05) is 31.1 Å². The summed E-state index contributed by atoms with van der Waals surface area (Å²) in [6.45, 7) is 3.97. The van der Waals surface area contributed by atoms with Gasteiger partial charge in [0.25, 0.3) is 5.91 Å². The SMILES string of the molecule is O=C(c1cc(-c2ccc3c(c2)CCO3)n[nH]1)N1CCCC2=C[C@H]3C[C@H](CN4CCCC[C@H]34)[C@H]21. The second-order valence-electron chi connectivity index (χ2n) is 10.6. The van der Waals surface area contributed by atoms with Crippen LogP contribution in [-0.2, 0) is 6.42 Å². The van der Waals surface area contributed by atoms with Gasteiger partial charge in [-0.25, -0.2) is 0 Å². The summed E-state index contributed by atoms with van der Waals surface area (Å²) in [7, 11) is 0. The van der Waals surface area contributed by atoms with E-state index in [9.17, 15) is 4.79 Å². The van der Waals surface area contributed by atoms with Crippen LogP contribution in [-0.4, -0.2) is 64.2 Å². The molecule has 4 atom stereocenters. The van der Waals surface area contributed by atoms with Gasteiger partial charge >= 0.3 is 0 Å². The van der Waals surface area contributed by atoms with E-state index < -0.39 is 0 Å². The molecule has 33 heavy (non-hydrogen) atoms. The van der Waals surface area contributed by atoms with Crippen LogP contribution in [0, 0.1) is 11.8 Å². The number of H-pyrrole nitrogens is 1. The van der Waals surface area contributed by atoms with Crippen LogP contribution in [0.3, 0.4) is 0 Å². The van der Waals surface area contributed by atoms with Crippen LogP contribution in [0.4, 0.5) is 0 Å². The van der Waals surface area contributed by atoms with Crippen molar-refractivity contribution >= 4 is 5.91 Å². The number of nitrogens with zero attached hydrogens (tertiary/aromatic N) is 3. The Morgan fingerprint density at radius 2 is 2.09 bits per heavy atom. The lowest BCUT2D eigenvalue weighted by molar-refractivity contribution is 0.00131. The molecule has 172 valence electrons. The highest BCUT2D eigenvalue weighted by Gasteiger charge is 2.47. The minimum absolute atomic E-state index is 0.105. The largest absolute Gasteiger partial charge is 0.493 e. The molecule has 1 N–H and O–H groups in total. The number of hydrogen-bond acceptors (Lipinski definition) is 4. The maximum Gasteiger partial charge on any atom is 0.272 e. The average molecular weight is 445 g/mol. The molecule has 1 amide bonds. The van der Waals surface area contributed by atoms with Crippen molar-refractivity contribution in [1.29, 1.82) is 0 Å². The standard InChI is InChI=1S/C27H32N4O2/c32-27(23-15-22(28-29-23)17-6-7-25-18(12-17)8-11-33-25)31-10-3-4-19-13-20-14-21(26(19)31)16-30-9-2-1-5-24(20)30/h6-7,12-13,15,20-21,24,26H,1-5,8-11,14,16H2,(H,28,29)/t20-,21+,24+,26-/m0/s1. The van der Waals surface area contributed by atoms with Gasteiger partial charge in [-0.2, -0.15) is 5.10 Å². The van der Waals surface area contributed by atoms with Gasteiger partial charge < -0.3 is 9.64 Å². The number of aromatic amines is 1. The van der Waals surface area contributed by atoms with Gasteiger partial charge in [0.1, 0.15) is 11.4 Å². The normalized spacial score (nSPS) is 30.7. The van der Waals surface area contributed by atoms with Crippen molar-refractivity contribution < 1.29 is 9.53 Å². The summed E-state index contributed by atoms with van der Waals surface area (Å²) in [6, 6.07) is 9.13. The van der Waals surface area contributed by atoms with Crippen molar-refractivity contribution in [1.82, 2.24) is 20.0 Å². The summed E-state index contributed by atoms with van der Waals surface area (Å²) in [5, 5.41) is 7.58. The maximum atomic E-state index is 13.7. The number of nitrogens with one attached hydrogen (secondary N) is 1. The fraction of sp³-hybridized carbons (Fsp3) is 0.556. The Labute approximate surface area is 195 Å². The molecule has 3 saturated heterocycles. The van der Waals surface area contributed by atoms with E-state index in [1.54, 1.807) is 0 Å². The Kier molecular flexibility index (Phi) is 4.64. The van der Waals surface area contributed by atoms with E-state index in [1.807, 2.05) is 18.2 Å². The minimum atomic E-state index is 0.105. The van der Waals surface area contributed by atoms with Crippen LogP contribution >= 0.6 is 0 Å². The van der Waals surface area contributed by atoms with Crippen molar-refractivity contribution in [3.63, 3.8) is 0 Å². The Hall–Kier alpha value is -2.60. The number of carbonyl (C=O) groups excluding carboxylic acids is 1. The van der Waals surface area contributed by atoms with Crippen molar-refractivity contribution in [3.8, 4) is 17.0 Å². The van der Waals surface area contributed by atoms with E-state index in [2.05, 4.69) is 32.1 Å². The number of aromatic nitrogens is 2. The predicted octanol–water partition coefficient (Wildman–Crippen LogP) is 4.05. The highest BCUT2D eigenvalue weighted by Crippen LogP contribution is 2.45. The molecule has 2 bridgehead atoms. The van der Waals surface area contributed by atoms with Crippen molar-refractivity contribution in [2.75, 3.05) is 26.2 Å². The average Bonchev–Trinajstić information content (AvgIpc) is 3.53. The molecule has 0 unspecified atom stereocenters. The van der Waals surface area contributed by atoms with E-state index in [-0.39, 0.29) is 11.9 Å². The van der Waals surface area contributed by atoms with Crippen LogP contribution in [0.2, 0.25) is 0 Å². The molecule has 4 aliphatic heterocycles. The maximum absolute atomic E-state index is 13.7. The number of benzene rings is 1. The molecule has 0 saturated carbocycles. The van der Waals surface area contributed by atoms with Gasteiger partial charge in [-0.3, -0.25) is 14.8 Å². The molecule has 6 nitrogen and oxygen atoms in total. The van der Waals surface area contributed by atoms with Gasteiger partial charge in [-0.05, 0) is 80.3 Å². The fourth-order valence-corrected chi connectivity index (χ4v) is 7.28.